The molecule has 0 rings (SSSR count). The predicted octanol–water partition coefficient (Wildman–Crippen LogP) is 12.7. The summed E-state index contributed by atoms with van der Waals surface area (Å²) in [6.45, 7) is 41.7. The van der Waals surface area contributed by atoms with Crippen LogP contribution in [0.15, 0.2) is 0 Å². The lowest BCUT2D eigenvalue weighted by molar-refractivity contribution is 0.469. The molecule has 28 heavy (non-hydrogen) atoms. The largest absolute Gasteiger partial charge is 0.0776 e. The summed E-state index contributed by atoms with van der Waals surface area (Å²) in [5.74, 6) is 1.67. The molecule has 0 unspecified atom stereocenters. The van der Waals surface area contributed by atoms with E-state index >= 15 is 0 Å². The van der Waals surface area contributed by atoms with Crippen molar-refractivity contribution in [2.45, 2.75) is 168 Å². The molecule has 0 amide bonds. The van der Waals surface area contributed by atoms with Crippen molar-refractivity contribution in [3.63, 3.8) is 0 Å². The van der Waals surface area contributed by atoms with Gasteiger partial charge in [0.05, 0.1) is 0 Å². The Kier molecular flexibility index (Phi) is 409. The molecule has 0 atom stereocenters. The average Bonchev–Trinajstić information content (AvgIpc) is 2.46. The Hall–Kier alpha value is 0.0649. The van der Waals surface area contributed by atoms with Crippen molar-refractivity contribution in [2.24, 2.45) is 17.3 Å². The first kappa shape index (κ1) is 90.6. The Bertz CT molecular complexity index is 61.2. The fourth-order valence-electron chi connectivity index (χ4n) is 0. The van der Waals surface area contributed by atoms with Crippen LogP contribution in [0.5, 0.6) is 0 Å². The van der Waals surface area contributed by atoms with Gasteiger partial charge < -0.3 is 0 Å². The van der Waals surface area contributed by atoms with Gasteiger partial charge in [-0.15, -0.1) is 0 Å². The number of rotatable bonds is 0. The lowest BCUT2D eigenvalue weighted by Gasteiger charge is -2.05. The normalized spacial score (nSPS) is 5.79. The van der Waals surface area contributed by atoms with Gasteiger partial charge in [-0.05, 0) is 17.3 Å². The molecular formula is C27H78B. The lowest BCUT2D eigenvalue weighted by atomic mass is 10.0. The van der Waals surface area contributed by atoms with E-state index in [4.69, 9.17) is 0 Å². The number of hydrogen-bond donors (Lipinski definition) is 0. The van der Waals surface area contributed by atoms with E-state index in [-0.39, 0.29) is 38.1 Å². The smallest absolute Gasteiger partial charge is 0 e. The van der Waals surface area contributed by atoms with Crippen molar-refractivity contribution in [3.8, 4) is 0 Å². The van der Waals surface area contributed by atoms with Gasteiger partial charge in [-0.25, -0.2) is 0 Å². The van der Waals surface area contributed by atoms with E-state index in [0.29, 0.717) is 5.41 Å². The summed E-state index contributed by atoms with van der Waals surface area (Å²) in [6.07, 6.45) is 0. The van der Waals surface area contributed by atoms with E-state index in [1.807, 2.05) is 69.2 Å². The minimum Gasteiger partial charge on any atom is -0.0776 e. The highest BCUT2D eigenvalue weighted by Gasteiger charge is 1.95. The van der Waals surface area contributed by atoms with Crippen molar-refractivity contribution in [1.29, 1.82) is 0 Å². The molecule has 0 aromatic rings. The van der Waals surface area contributed by atoms with E-state index in [1.165, 1.54) is 0 Å². The summed E-state index contributed by atoms with van der Waals surface area (Å²) in [7, 11) is 0. The van der Waals surface area contributed by atoms with E-state index in [9.17, 15) is 0 Å². The van der Waals surface area contributed by atoms with Gasteiger partial charge in [0.1, 0.15) is 0 Å². The molecule has 0 saturated heterocycles. The van der Waals surface area contributed by atoms with Crippen LogP contribution >= 0.6 is 0 Å². The van der Waals surface area contributed by atoms with Crippen molar-refractivity contribution in [1.82, 2.24) is 0 Å². The third kappa shape index (κ3) is 3880000. The maximum absolute atomic E-state index is 2.19. The average molecular weight is 414 g/mol. The van der Waals surface area contributed by atoms with E-state index in [0.717, 1.165) is 11.8 Å². The fraction of sp³-hybridized carbons (Fsp3) is 1.00. The molecule has 0 aromatic heterocycles. The molecule has 0 aliphatic carbocycles. The highest BCUT2D eigenvalue weighted by molar-refractivity contribution is 5.75. The Balaban J connectivity index is -0.00000000840. The fourth-order valence-corrected chi connectivity index (χ4v) is 0. The van der Waals surface area contributed by atoms with Gasteiger partial charge in [0.2, 0.25) is 0 Å². The Labute approximate surface area is 194 Å². The zero-order valence-corrected chi connectivity index (χ0v) is 22.2. The van der Waals surface area contributed by atoms with E-state index < -0.39 is 0 Å². The van der Waals surface area contributed by atoms with Gasteiger partial charge in [0.25, 0.3) is 0 Å². The Morgan fingerprint density at radius 2 is 0.357 bits per heavy atom. The van der Waals surface area contributed by atoms with Crippen LogP contribution in [0.2, 0.25) is 0 Å². The zero-order chi connectivity index (χ0) is 21.7. The molecule has 0 spiro atoms. The van der Waals surface area contributed by atoms with Gasteiger partial charge in [-0.3, -0.25) is 0 Å². The van der Waals surface area contributed by atoms with Crippen molar-refractivity contribution in [2.75, 3.05) is 0 Å². The summed E-state index contributed by atoms with van der Waals surface area (Å²) in [5, 5.41) is 0. The molecule has 0 N–H and O–H groups in total. The second-order valence-corrected chi connectivity index (χ2v) is 6.46. The highest BCUT2D eigenvalue weighted by Crippen LogP contribution is 2.08. The quantitative estimate of drug-likeness (QED) is 0.346. The van der Waals surface area contributed by atoms with Crippen LogP contribution in [-0.4, -0.2) is 8.41 Å². The first-order valence-electron chi connectivity index (χ1n) is 10.5. The molecule has 0 heterocycles. The van der Waals surface area contributed by atoms with Crippen LogP contribution in [0.4, 0.5) is 0 Å². The molecular weight excluding hydrogens is 335 g/mol. The maximum Gasteiger partial charge on any atom is 0 e. The molecule has 189 valence electrons. The monoisotopic (exact) mass is 414 g/mol. The molecule has 3 radical (unpaired) electrons. The first-order chi connectivity index (χ1) is 10.5. The molecule has 1 heteroatoms. The van der Waals surface area contributed by atoms with Crippen LogP contribution in [0, 0.1) is 17.3 Å². The molecule has 0 nitrogen and oxygen atoms in total. The predicted molar refractivity (Wildman–Crippen MR) is 156 cm³/mol. The molecule has 0 aliphatic heterocycles. The first-order valence-corrected chi connectivity index (χ1v) is 10.5. The molecule has 0 aromatic carbocycles. The Morgan fingerprint density at radius 3 is 0.357 bits per heavy atom. The topological polar surface area (TPSA) is 0 Å². The maximum atomic E-state index is 2.19. The van der Waals surface area contributed by atoms with Gasteiger partial charge in [-0.1, -0.05) is 168 Å². The summed E-state index contributed by atoms with van der Waals surface area (Å²) in [4.78, 5) is 0. The summed E-state index contributed by atoms with van der Waals surface area (Å²) >= 11 is 0. The van der Waals surface area contributed by atoms with Crippen molar-refractivity contribution >= 4 is 8.41 Å². The zero-order valence-electron chi connectivity index (χ0n) is 22.2. The van der Waals surface area contributed by atoms with Crippen LogP contribution in [0.1, 0.15) is 168 Å². The minimum atomic E-state index is 0. The minimum absolute atomic E-state index is 0. The second-order valence-electron chi connectivity index (χ2n) is 6.46. The summed E-state index contributed by atoms with van der Waals surface area (Å²) in [5.41, 5.74) is 0.500. The van der Waals surface area contributed by atoms with Crippen LogP contribution < -0.4 is 0 Å². The SMILES string of the molecule is C.C.C.C.CC.CC.CC.CC.CC.CC(C)(C)C.CC(C)C.CC(C)C.[B]. The van der Waals surface area contributed by atoms with Gasteiger partial charge in [-0.2, -0.15) is 0 Å². The molecule has 0 bridgehead atoms. The summed E-state index contributed by atoms with van der Waals surface area (Å²) in [6, 6.07) is 0. The molecule has 0 fully saturated rings. The second kappa shape index (κ2) is 126. The van der Waals surface area contributed by atoms with Crippen LogP contribution in [0.3, 0.4) is 0 Å². The van der Waals surface area contributed by atoms with Gasteiger partial charge in [0, 0.05) is 8.41 Å². The highest BCUT2D eigenvalue weighted by atomic mass is 14.0. The van der Waals surface area contributed by atoms with Gasteiger partial charge >= 0.3 is 0 Å². The third-order valence-electron chi connectivity index (χ3n) is 0. The van der Waals surface area contributed by atoms with E-state index in [1.54, 1.807) is 0 Å². The Morgan fingerprint density at radius 1 is 0.357 bits per heavy atom. The molecule has 0 aliphatic rings. The van der Waals surface area contributed by atoms with Crippen molar-refractivity contribution < 1.29 is 0 Å². The van der Waals surface area contributed by atoms with Crippen molar-refractivity contribution in [3.05, 3.63) is 0 Å². The number of hydrogen-bond acceptors (Lipinski definition) is 0. The third-order valence-corrected chi connectivity index (χ3v) is 0. The molecule has 0 saturated carbocycles. The van der Waals surface area contributed by atoms with Gasteiger partial charge in [0.15, 0.2) is 0 Å². The van der Waals surface area contributed by atoms with Crippen LogP contribution in [-0.2, 0) is 0 Å². The summed E-state index contributed by atoms with van der Waals surface area (Å²) < 4.78 is 0. The van der Waals surface area contributed by atoms with E-state index in [2.05, 4.69) is 69.2 Å². The lowest BCUT2D eigenvalue weighted by Crippen LogP contribution is -1.93. The standard InChI is InChI=1S/C5H12.2C4H10.5C2H6.4CH4.B/c1-5(2,3)4;2*1-4(2)3;5*1-2;;;;;/h1-4H3;2*4H,1-3H3;5*1-2H3;4*1H4;. The van der Waals surface area contributed by atoms with Crippen LogP contribution in [0.25, 0.3) is 0 Å².